The summed E-state index contributed by atoms with van der Waals surface area (Å²) in [7, 11) is 1.43. The minimum atomic E-state index is -0.275. The van der Waals surface area contributed by atoms with Crippen LogP contribution >= 0.6 is 15.9 Å². The normalized spacial score (nSPS) is 15.4. The van der Waals surface area contributed by atoms with Crippen molar-refractivity contribution in [2.45, 2.75) is 18.9 Å². The molecule has 1 saturated heterocycles. The molecule has 0 bridgehead atoms. The van der Waals surface area contributed by atoms with Crippen molar-refractivity contribution in [1.82, 2.24) is 9.55 Å². The van der Waals surface area contributed by atoms with Gasteiger partial charge in [-0.2, -0.15) is 0 Å². The van der Waals surface area contributed by atoms with Crippen molar-refractivity contribution in [3.8, 4) is 0 Å². The number of carbonyl (C=O) groups is 1. The van der Waals surface area contributed by atoms with Gasteiger partial charge in [-0.3, -0.25) is 4.98 Å². The molecule has 0 atom stereocenters. The standard InChI is InChI=1S/C20H20BrN3O2/c1-26-20(25)19-3-2-10-24(19)15-7-11-23(12-8-15)18-6-9-22-17-13-14(21)4-5-16(17)18/h2-6,9-10,13,15H,7-8,11-12H2,1H3. The molecule has 3 heterocycles. The second-order valence-corrected chi connectivity index (χ2v) is 7.42. The van der Waals surface area contributed by atoms with Crippen molar-refractivity contribution < 1.29 is 9.53 Å². The van der Waals surface area contributed by atoms with Gasteiger partial charge < -0.3 is 14.2 Å². The van der Waals surface area contributed by atoms with E-state index in [0.717, 1.165) is 35.9 Å². The first-order valence-electron chi connectivity index (χ1n) is 8.72. The molecule has 0 N–H and O–H groups in total. The minimum absolute atomic E-state index is 0.275. The molecule has 6 heteroatoms. The summed E-state index contributed by atoms with van der Waals surface area (Å²) >= 11 is 3.51. The summed E-state index contributed by atoms with van der Waals surface area (Å²) in [5.74, 6) is -0.275. The number of fused-ring (bicyclic) bond motifs is 1. The summed E-state index contributed by atoms with van der Waals surface area (Å²) in [6.07, 6.45) is 5.82. The van der Waals surface area contributed by atoms with E-state index < -0.39 is 0 Å². The monoisotopic (exact) mass is 413 g/mol. The molecule has 0 spiro atoms. The van der Waals surface area contributed by atoms with E-state index in [-0.39, 0.29) is 5.97 Å². The number of hydrogen-bond acceptors (Lipinski definition) is 4. The van der Waals surface area contributed by atoms with Crippen molar-refractivity contribution in [2.24, 2.45) is 0 Å². The quantitative estimate of drug-likeness (QED) is 0.595. The lowest BCUT2D eigenvalue weighted by molar-refractivity contribution is 0.0585. The number of piperidine rings is 1. The van der Waals surface area contributed by atoms with Crippen LogP contribution in [0.4, 0.5) is 5.69 Å². The largest absolute Gasteiger partial charge is 0.464 e. The zero-order valence-corrected chi connectivity index (χ0v) is 16.1. The van der Waals surface area contributed by atoms with Crippen molar-refractivity contribution in [2.75, 3.05) is 25.1 Å². The van der Waals surface area contributed by atoms with E-state index in [0.29, 0.717) is 11.7 Å². The van der Waals surface area contributed by atoms with E-state index in [1.165, 1.54) is 18.2 Å². The maximum absolute atomic E-state index is 11.9. The highest BCUT2D eigenvalue weighted by atomic mass is 79.9. The Morgan fingerprint density at radius 1 is 1.23 bits per heavy atom. The van der Waals surface area contributed by atoms with Crippen LogP contribution in [-0.2, 0) is 4.74 Å². The van der Waals surface area contributed by atoms with Crippen LogP contribution in [-0.4, -0.2) is 35.7 Å². The van der Waals surface area contributed by atoms with Crippen LogP contribution in [0.3, 0.4) is 0 Å². The Labute approximate surface area is 160 Å². The number of halogens is 1. The number of aromatic nitrogens is 2. The number of hydrogen-bond donors (Lipinski definition) is 0. The molecule has 1 aliphatic rings. The SMILES string of the molecule is COC(=O)c1cccn1C1CCN(c2ccnc3cc(Br)ccc23)CC1. The highest BCUT2D eigenvalue weighted by Gasteiger charge is 2.24. The van der Waals surface area contributed by atoms with Crippen LogP contribution in [0.25, 0.3) is 10.9 Å². The maximum Gasteiger partial charge on any atom is 0.354 e. The number of anilines is 1. The summed E-state index contributed by atoms with van der Waals surface area (Å²) in [5, 5.41) is 1.17. The summed E-state index contributed by atoms with van der Waals surface area (Å²) in [6, 6.07) is 12.4. The van der Waals surface area contributed by atoms with Gasteiger partial charge in [0.1, 0.15) is 5.69 Å². The molecule has 0 amide bonds. The van der Waals surface area contributed by atoms with Gasteiger partial charge in [0.2, 0.25) is 0 Å². The summed E-state index contributed by atoms with van der Waals surface area (Å²) in [6.45, 7) is 1.89. The van der Waals surface area contributed by atoms with Crippen molar-refractivity contribution >= 4 is 38.5 Å². The topological polar surface area (TPSA) is 47.4 Å². The van der Waals surface area contributed by atoms with Crippen LogP contribution in [0.2, 0.25) is 0 Å². The van der Waals surface area contributed by atoms with E-state index in [2.05, 4.69) is 48.6 Å². The number of nitrogens with zero attached hydrogens (tertiary/aromatic N) is 3. The molecule has 134 valence electrons. The summed E-state index contributed by atoms with van der Waals surface area (Å²) in [4.78, 5) is 18.8. The van der Waals surface area contributed by atoms with Gasteiger partial charge in [0.05, 0.1) is 12.6 Å². The molecule has 26 heavy (non-hydrogen) atoms. The van der Waals surface area contributed by atoms with Crippen LogP contribution in [0, 0.1) is 0 Å². The smallest absolute Gasteiger partial charge is 0.354 e. The summed E-state index contributed by atoms with van der Waals surface area (Å²) in [5.41, 5.74) is 2.85. The third kappa shape index (κ3) is 3.09. The Morgan fingerprint density at radius 2 is 2.04 bits per heavy atom. The van der Waals surface area contributed by atoms with Gasteiger partial charge in [0, 0.05) is 47.1 Å². The fourth-order valence-electron chi connectivity index (χ4n) is 3.76. The highest BCUT2D eigenvalue weighted by molar-refractivity contribution is 9.10. The van der Waals surface area contributed by atoms with E-state index in [9.17, 15) is 4.79 Å². The van der Waals surface area contributed by atoms with Gasteiger partial charge in [0.25, 0.3) is 0 Å². The fourth-order valence-corrected chi connectivity index (χ4v) is 4.11. The molecule has 0 unspecified atom stereocenters. The van der Waals surface area contributed by atoms with Crippen LogP contribution in [0.5, 0.6) is 0 Å². The third-order valence-corrected chi connectivity index (χ3v) is 5.55. The van der Waals surface area contributed by atoms with E-state index in [1.807, 2.05) is 30.6 Å². The van der Waals surface area contributed by atoms with Gasteiger partial charge in [-0.25, -0.2) is 4.79 Å². The van der Waals surface area contributed by atoms with Gasteiger partial charge in [0.15, 0.2) is 0 Å². The number of benzene rings is 1. The molecule has 0 saturated carbocycles. The number of esters is 1. The highest BCUT2D eigenvalue weighted by Crippen LogP contribution is 2.32. The van der Waals surface area contributed by atoms with Gasteiger partial charge in [-0.1, -0.05) is 15.9 Å². The minimum Gasteiger partial charge on any atom is -0.464 e. The number of ether oxygens (including phenoxy) is 1. The molecule has 1 fully saturated rings. The Bertz CT molecular complexity index is 945. The molecule has 5 nitrogen and oxygen atoms in total. The van der Waals surface area contributed by atoms with Crippen LogP contribution in [0.1, 0.15) is 29.4 Å². The average molecular weight is 414 g/mol. The first-order valence-corrected chi connectivity index (χ1v) is 9.51. The lowest BCUT2D eigenvalue weighted by Gasteiger charge is -2.35. The number of pyridine rings is 1. The zero-order chi connectivity index (χ0) is 18.1. The number of methoxy groups -OCH3 is 1. The fraction of sp³-hybridized carbons (Fsp3) is 0.300. The molecule has 4 rings (SSSR count). The second kappa shape index (κ2) is 7.11. The second-order valence-electron chi connectivity index (χ2n) is 6.50. The van der Waals surface area contributed by atoms with Gasteiger partial charge in [-0.05, 0) is 49.2 Å². The molecule has 3 aromatic rings. The van der Waals surface area contributed by atoms with Crippen LogP contribution in [0.15, 0.2) is 53.3 Å². The zero-order valence-electron chi connectivity index (χ0n) is 14.6. The Balaban J connectivity index is 1.55. The van der Waals surface area contributed by atoms with E-state index in [4.69, 9.17) is 4.74 Å². The number of rotatable bonds is 3. The molecule has 2 aromatic heterocycles. The predicted octanol–water partition coefficient (Wildman–Crippen LogP) is 4.43. The first kappa shape index (κ1) is 17.1. The average Bonchev–Trinajstić information content (AvgIpc) is 3.16. The Hall–Kier alpha value is -2.34. The summed E-state index contributed by atoms with van der Waals surface area (Å²) < 4.78 is 7.99. The van der Waals surface area contributed by atoms with Gasteiger partial charge >= 0.3 is 5.97 Å². The molecule has 1 aliphatic heterocycles. The molecule has 0 radical (unpaired) electrons. The van der Waals surface area contributed by atoms with E-state index >= 15 is 0 Å². The van der Waals surface area contributed by atoms with Crippen LogP contribution < -0.4 is 4.90 Å². The first-order chi connectivity index (χ1) is 12.7. The predicted molar refractivity (Wildman–Crippen MR) is 106 cm³/mol. The molecule has 0 aliphatic carbocycles. The lowest BCUT2D eigenvalue weighted by Crippen LogP contribution is -2.35. The van der Waals surface area contributed by atoms with Gasteiger partial charge in [-0.15, -0.1) is 0 Å². The Morgan fingerprint density at radius 3 is 2.81 bits per heavy atom. The van der Waals surface area contributed by atoms with E-state index in [1.54, 1.807) is 0 Å². The lowest BCUT2D eigenvalue weighted by atomic mass is 10.0. The van der Waals surface area contributed by atoms with Crippen molar-refractivity contribution in [3.63, 3.8) is 0 Å². The molecule has 1 aromatic carbocycles. The van der Waals surface area contributed by atoms with Crippen molar-refractivity contribution in [1.29, 1.82) is 0 Å². The Kier molecular flexibility index (Phi) is 4.68. The number of carbonyl (C=O) groups excluding carboxylic acids is 1. The maximum atomic E-state index is 11.9. The van der Waals surface area contributed by atoms with Crippen molar-refractivity contribution in [3.05, 3.63) is 59.0 Å². The molecular formula is C20H20BrN3O2. The third-order valence-electron chi connectivity index (χ3n) is 5.05. The molecular weight excluding hydrogens is 394 g/mol.